The Labute approximate surface area is 104 Å². The molecule has 0 spiro atoms. The molecule has 0 aliphatic heterocycles. The standard InChI is InChI=1S/C14H11NO3/c16-14(17)8-7-11-4-1-2-6-13(11)18-12-5-3-9-15-10-12/h1-10H,(H,16,17)/b8-7+. The molecule has 0 saturated carbocycles. The van der Waals surface area contributed by atoms with Crippen LogP contribution in [-0.2, 0) is 4.79 Å². The molecule has 4 heteroatoms. The fourth-order valence-corrected chi connectivity index (χ4v) is 1.41. The summed E-state index contributed by atoms with van der Waals surface area (Å²) in [5.74, 6) is 0.197. The van der Waals surface area contributed by atoms with E-state index in [1.165, 1.54) is 6.08 Å². The minimum absolute atomic E-state index is 0.586. The third kappa shape index (κ3) is 3.18. The van der Waals surface area contributed by atoms with E-state index in [-0.39, 0.29) is 0 Å². The van der Waals surface area contributed by atoms with Crippen molar-refractivity contribution in [3.8, 4) is 11.5 Å². The first kappa shape index (κ1) is 11.9. The molecule has 2 rings (SSSR count). The number of hydrogen-bond acceptors (Lipinski definition) is 3. The summed E-state index contributed by atoms with van der Waals surface area (Å²) >= 11 is 0. The van der Waals surface area contributed by atoms with Gasteiger partial charge in [0, 0.05) is 17.8 Å². The molecule has 2 aromatic rings. The quantitative estimate of drug-likeness (QED) is 0.836. The van der Waals surface area contributed by atoms with Gasteiger partial charge in [-0.25, -0.2) is 4.79 Å². The second kappa shape index (κ2) is 5.63. The van der Waals surface area contributed by atoms with E-state index in [2.05, 4.69) is 4.98 Å². The smallest absolute Gasteiger partial charge is 0.328 e. The van der Waals surface area contributed by atoms with Gasteiger partial charge in [-0.15, -0.1) is 0 Å². The van der Waals surface area contributed by atoms with E-state index >= 15 is 0 Å². The molecule has 0 atom stereocenters. The van der Waals surface area contributed by atoms with Crippen LogP contribution in [0.3, 0.4) is 0 Å². The number of nitrogens with zero attached hydrogens (tertiary/aromatic N) is 1. The van der Waals surface area contributed by atoms with Crippen LogP contribution in [0.1, 0.15) is 5.56 Å². The number of ether oxygens (including phenoxy) is 1. The Morgan fingerprint density at radius 1 is 1.22 bits per heavy atom. The largest absolute Gasteiger partial charge is 0.478 e. The molecule has 1 aromatic heterocycles. The van der Waals surface area contributed by atoms with Crippen LogP contribution in [-0.4, -0.2) is 16.1 Å². The normalized spacial score (nSPS) is 10.4. The van der Waals surface area contributed by atoms with E-state index < -0.39 is 5.97 Å². The Balaban J connectivity index is 2.25. The number of pyridine rings is 1. The lowest BCUT2D eigenvalue weighted by Crippen LogP contribution is -1.89. The summed E-state index contributed by atoms with van der Waals surface area (Å²) in [6.07, 6.45) is 5.82. The van der Waals surface area contributed by atoms with Crippen molar-refractivity contribution in [1.29, 1.82) is 0 Å². The number of carboxylic acids is 1. The predicted molar refractivity (Wildman–Crippen MR) is 67.4 cm³/mol. The predicted octanol–water partition coefficient (Wildman–Crippen LogP) is 2.97. The molecule has 0 fully saturated rings. The number of carbonyl (C=O) groups is 1. The van der Waals surface area contributed by atoms with Gasteiger partial charge >= 0.3 is 5.97 Å². The molecule has 0 amide bonds. The van der Waals surface area contributed by atoms with Gasteiger partial charge in [-0.2, -0.15) is 0 Å². The van der Waals surface area contributed by atoms with Gasteiger partial charge in [0.2, 0.25) is 0 Å². The highest BCUT2D eigenvalue weighted by atomic mass is 16.5. The lowest BCUT2D eigenvalue weighted by molar-refractivity contribution is -0.131. The Morgan fingerprint density at radius 2 is 2.06 bits per heavy atom. The van der Waals surface area contributed by atoms with Crippen LogP contribution >= 0.6 is 0 Å². The lowest BCUT2D eigenvalue weighted by Gasteiger charge is -2.07. The van der Waals surface area contributed by atoms with Crippen molar-refractivity contribution >= 4 is 12.0 Å². The third-order valence-electron chi connectivity index (χ3n) is 2.19. The van der Waals surface area contributed by atoms with Crippen molar-refractivity contribution in [1.82, 2.24) is 4.98 Å². The van der Waals surface area contributed by atoms with E-state index in [4.69, 9.17) is 9.84 Å². The minimum atomic E-state index is -0.994. The summed E-state index contributed by atoms with van der Waals surface area (Å²) in [5, 5.41) is 8.62. The molecular weight excluding hydrogens is 230 g/mol. The Kier molecular flexibility index (Phi) is 3.71. The second-order valence-corrected chi connectivity index (χ2v) is 3.50. The molecule has 0 radical (unpaired) electrons. The van der Waals surface area contributed by atoms with Crippen LogP contribution in [0.15, 0.2) is 54.9 Å². The fourth-order valence-electron chi connectivity index (χ4n) is 1.41. The van der Waals surface area contributed by atoms with Gasteiger partial charge in [0.1, 0.15) is 11.5 Å². The average molecular weight is 241 g/mol. The van der Waals surface area contributed by atoms with Crippen molar-refractivity contribution in [2.45, 2.75) is 0 Å². The van der Waals surface area contributed by atoms with Crippen LogP contribution in [0.5, 0.6) is 11.5 Å². The van der Waals surface area contributed by atoms with Gasteiger partial charge in [0.05, 0.1) is 6.20 Å². The van der Waals surface area contributed by atoms with Crippen molar-refractivity contribution in [3.63, 3.8) is 0 Å². The third-order valence-corrected chi connectivity index (χ3v) is 2.19. The molecule has 4 nitrogen and oxygen atoms in total. The highest BCUT2D eigenvalue weighted by Crippen LogP contribution is 2.25. The first-order valence-electron chi connectivity index (χ1n) is 5.33. The number of aliphatic carboxylic acids is 1. The number of carboxylic acid groups (broad SMARTS) is 1. The maximum absolute atomic E-state index is 10.5. The highest BCUT2D eigenvalue weighted by Gasteiger charge is 2.02. The molecule has 90 valence electrons. The van der Waals surface area contributed by atoms with Crippen LogP contribution < -0.4 is 4.74 Å². The number of para-hydroxylation sites is 1. The number of rotatable bonds is 4. The molecule has 1 heterocycles. The number of aromatic nitrogens is 1. The van der Waals surface area contributed by atoms with Gasteiger partial charge in [0.25, 0.3) is 0 Å². The topological polar surface area (TPSA) is 59.4 Å². The van der Waals surface area contributed by atoms with E-state index in [0.29, 0.717) is 17.1 Å². The molecule has 0 saturated heterocycles. The second-order valence-electron chi connectivity index (χ2n) is 3.50. The zero-order chi connectivity index (χ0) is 12.8. The van der Waals surface area contributed by atoms with E-state index in [1.54, 1.807) is 36.7 Å². The van der Waals surface area contributed by atoms with Gasteiger partial charge in [0.15, 0.2) is 0 Å². The summed E-state index contributed by atoms with van der Waals surface area (Å²) < 4.78 is 5.64. The van der Waals surface area contributed by atoms with Gasteiger partial charge in [-0.1, -0.05) is 18.2 Å². The molecule has 18 heavy (non-hydrogen) atoms. The summed E-state index contributed by atoms with van der Waals surface area (Å²) in [6, 6.07) is 10.7. The van der Waals surface area contributed by atoms with Gasteiger partial charge < -0.3 is 9.84 Å². The van der Waals surface area contributed by atoms with Crippen molar-refractivity contribution in [2.75, 3.05) is 0 Å². The Hall–Kier alpha value is -2.62. The van der Waals surface area contributed by atoms with E-state index in [9.17, 15) is 4.79 Å². The first-order chi connectivity index (χ1) is 8.75. The van der Waals surface area contributed by atoms with Crippen molar-refractivity contribution in [2.24, 2.45) is 0 Å². The summed E-state index contributed by atoms with van der Waals surface area (Å²) in [7, 11) is 0. The van der Waals surface area contributed by atoms with E-state index in [0.717, 1.165) is 6.08 Å². The molecule has 0 unspecified atom stereocenters. The number of hydrogen-bond donors (Lipinski definition) is 1. The Bertz CT molecular complexity index is 564. The average Bonchev–Trinajstić information content (AvgIpc) is 2.39. The zero-order valence-corrected chi connectivity index (χ0v) is 9.48. The zero-order valence-electron chi connectivity index (χ0n) is 9.48. The van der Waals surface area contributed by atoms with Gasteiger partial charge in [-0.3, -0.25) is 4.98 Å². The van der Waals surface area contributed by atoms with Crippen LogP contribution in [0.2, 0.25) is 0 Å². The maximum atomic E-state index is 10.5. The molecule has 1 aromatic carbocycles. The first-order valence-corrected chi connectivity index (χ1v) is 5.33. The summed E-state index contributed by atoms with van der Waals surface area (Å²) in [5.41, 5.74) is 0.698. The molecule has 0 aliphatic carbocycles. The summed E-state index contributed by atoms with van der Waals surface area (Å²) in [4.78, 5) is 14.5. The lowest BCUT2D eigenvalue weighted by atomic mass is 10.2. The monoisotopic (exact) mass is 241 g/mol. The fraction of sp³-hybridized carbons (Fsp3) is 0. The summed E-state index contributed by atoms with van der Waals surface area (Å²) in [6.45, 7) is 0. The maximum Gasteiger partial charge on any atom is 0.328 e. The SMILES string of the molecule is O=C(O)/C=C/c1ccccc1Oc1cccnc1. The van der Waals surface area contributed by atoms with Crippen LogP contribution in [0.4, 0.5) is 0 Å². The number of benzene rings is 1. The van der Waals surface area contributed by atoms with Crippen molar-refractivity contribution in [3.05, 3.63) is 60.4 Å². The minimum Gasteiger partial charge on any atom is -0.478 e. The van der Waals surface area contributed by atoms with E-state index in [1.807, 2.05) is 12.1 Å². The molecule has 1 N–H and O–H groups in total. The van der Waals surface area contributed by atoms with Gasteiger partial charge in [-0.05, 0) is 24.3 Å². The molecule has 0 aliphatic rings. The highest BCUT2D eigenvalue weighted by molar-refractivity contribution is 5.85. The molecular formula is C14H11NO3. The van der Waals surface area contributed by atoms with Crippen LogP contribution in [0, 0.1) is 0 Å². The Morgan fingerprint density at radius 3 is 2.78 bits per heavy atom. The van der Waals surface area contributed by atoms with Crippen LogP contribution in [0.25, 0.3) is 6.08 Å². The molecule has 0 bridgehead atoms. The van der Waals surface area contributed by atoms with Crippen molar-refractivity contribution < 1.29 is 14.6 Å².